The van der Waals surface area contributed by atoms with Crippen LogP contribution in [0.4, 0.5) is 0 Å². The van der Waals surface area contributed by atoms with Crippen molar-refractivity contribution >= 4 is 11.9 Å². The van der Waals surface area contributed by atoms with Gasteiger partial charge in [-0.3, -0.25) is 9.59 Å². The van der Waals surface area contributed by atoms with Gasteiger partial charge in [-0.1, -0.05) is 0 Å². The predicted octanol–water partition coefficient (Wildman–Crippen LogP) is 0.0641. The normalized spacial score (nSPS) is 19.3. The van der Waals surface area contributed by atoms with Gasteiger partial charge in [-0.2, -0.15) is 0 Å². The largest absolute Gasteiger partial charge is 0.480 e. The van der Waals surface area contributed by atoms with Crippen molar-refractivity contribution < 1.29 is 14.7 Å². The van der Waals surface area contributed by atoms with Crippen molar-refractivity contribution in [2.24, 2.45) is 0 Å². The Balaban J connectivity index is 2.29. The highest BCUT2D eigenvalue weighted by atomic mass is 16.4. The average molecular weight is 236 g/mol. The van der Waals surface area contributed by atoms with Crippen molar-refractivity contribution in [1.82, 2.24) is 9.88 Å². The van der Waals surface area contributed by atoms with Crippen LogP contribution in [0.15, 0.2) is 23.3 Å². The van der Waals surface area contributed by atoms with Crippen LogP contribution in [0.5, 0.6) is 0 Å². The zero-order valence-corrected chi connectivity index (χ0v) is 9.05. The van der Waals surface area contributed by atoms with Gasteiger partial charge in [0.25, 0.3) is 5.91 Å². The number of likely N-dealkylation sites (tertiary alicyclic amines) is 1. The molecule has 1 aliphatic heterocycles. The molecule has 0 radical (unpaired) electrons. The lowest BCUT2D eigenvalue weighted by Crippen LogP contribution is -2.42. The number of carboxylic acid groups (broad SMARTS) is 1. The third-order valence-corrected chi connectivity index (χ3v) is 2.85. The molecule has 1 saturated heterocycles. The summed E-state index contributed by atoms with van der Waals surface area (Å²) < 4.78 is 0. The van der Waals surface area contributed by atoms with Gasteiger partial charge in [0, 0.05) is 25.0 Å². The monoisotopic (exact) mass is 236 g/mol. The number of nitrogens with one attached hydrogen (secondary N) is 1. The van der Waals surface area contributed by atoms with E-state index in [1.54, 1.807) is 0 Å². The minimum atomic E-state index is -1.02. The van der Waals surface area contributed by atoms with Gasteiger partial charge in [-0.25, -0.2) is 4.79 Å². The Hall–Kier alpha value is -2.11. The molecule has 1 aromatic rings. The van der Waals surface area contributed by atoms with Crippen molar-refractivity contribution in [3.63, 3.8) is 0 Å². The highest BCUT2D eigenvalue weighted by Crippen LogP contribution is 2.19. The number of aromatic amines is 1. The maximum atomic E-state index is 12.0. The van der Waals surface area contributed by atoms with Gasteiger partial charge in [-0.15, -0.1) is 0 Å². The quantitative estimate of drug-likeness (QED) is 0.759. The van der Waals surface area contributed by atoms with E-state index in [1.165, 1.54) is 23.4 Å². The third-order valence-electron chi connectivity index (χ3n) is 2.85. The second-order valence-electron chi connectivity index (χ2n) is 3.92. The van der Waals surface area contributed by atoms with Crippen molar-refractivity contribution in [3.8, 4) is 0 Å². The second-order valence-corrected chi connectivity index (χ2v) is 3.92. The van der Waals surface area contributed by atoms with E-state index >= 15 is 0 Å². The maximum absolute atomic E-state index is 12.0. The van der Waals surface area contributed by atoms with Crippen molar-refractivity contribution in [1.29, 1.82) is 0 Å². The lowest BCUT2D eigenvalue weighted by Gasteiger charge is -2.20. The Morgan fingerprint density at radius 2 is 2.24 bits per heavy atom. The Kier molecular flexibility index (Phi) is 2.95. The summed E-state index contributed by atoms with van der Waals surface area (Å²) in [5.41, 5.74) is -0.412. The molecule has 0 spiro atoms. The molecule has 17 heavy (non-hydrogen) atoms. The summed E-state index contributed by atoms with van der Waals surface area (Å²) in [4.78, 5) is 38.4. The number of aromatic nitrogens is 1. The Morgan fingerprint density at radius 3 is 2.88 bits per heavy atom. The Labute approximate surface area is 96.9 Å². The average Bonchev–Trinajstić information content (AvgIpc) is 2.77. The minimum Gasteiger partial charge on any atom is -0.480 e. The van der Waals surface area contributed by atoms with Gasteiger partial charge in [0.2, 0.25) is 0 Å². The summed E-state index contributed by atoms with van der Waals surface area (Å²) >= 11 is 0. The summed E-state index contributed by atoms with van der Waals surface area (Å²) in [5, 5.41) is 8.97. The van der Waals surface area contributed by atoms with Crippen molar-refractivity contribution in [2.75, 3.05) is 6.54 Å². The molecule has 1 aliphatic rings. The number of hydrogen-bond acceptors (Lipinski definition) is 3. The SMILES string of the molecule is O=C(O)C1CCCN1C(=O)c1c[nH]ccc1=O. The summed E-state index contributed by atoms with van der Waals surface area (Å²) in [5.74, 6) is -1.54. The zero-order chi connectivity index (χ0) is 12.4. The van der Waals surface area contributed by atoms with E-state index < -0.39 is 23.3 Å². The molecule has 90 valence electrons. The maximum Gasteiger partial charge on any atom is 0.326 e. The van der Waals surface area contributed by atoms with E-state index in [9.17, 15) is 14.4 Å². The van der Waals surface area contributed by atoms with Crippen LogP contribution in [0.1, 0.15) is 23.2 Å². The van der Waals surface area contributed by atoms with Crippen LogP contribution in [0.25, 0.3) is 0 Å². The van der Waals surface area contributed by atoms with Crippen LogP contribution in [-0.2, 0) is 4.79 Å². The first-order valence-electron chi connectivity index (χ1n) is 5.32. The molecule has 1 atom stereocenters. The smallest absolute Gasteiger partial charge is 0.326 e. The number of carboxylic acids is 1. The highest BCUT2D eigenvalue weighted by molar-refractivity contribution is 5.96. The van der Waals surface area contributed by atoms with Crippen LogP contribution in [0.3, 0.4) is 0 Å². The number of aliphatic carboxylic acids is 1. The molecule has 0 aliphatic carbocycles. The summed E-state index contributed by atoms with van der Waals surface area (Å²) in [7, 11) is 0. The first-order valence-corrected chi connectivity index (χ1v) is 5.32. The van der Waals surface area contributed by atoms with Gasteiger partial charge >= 0.3 is 5.97 Å². The fraction of sp³-hybridized carbons (Fsp3) is 0.364. The first kappa shape index (κ1) is 11.4. The highest BCUT2D eigenvalue weighted by Gasteiger charge is 2.35. The summed E-state index contributed by atoms with van der Waals surface area (Å²) in [6, 6.07) is 0.432. The molecule has 2 heterocycles. The van der Waals surface area contributed by atoms with E-state index in [-0.39, 0.29) is 5.56 Å². The van der Waals surface area contributed by atoms with Gasteiger partial charge in [0.1, 0.15) is 11.6 Å². The van der Waals surface area contributed by atoms with E-state index in [0.717, 1.165) is 0 Å². The van der Waals surface area contributed by atoms with Crippen molar-refractivity contribution in [2.45, 2.75) is 18.9 Å². The van der Waals surface area contributed by atoms with E-state index in [2.05, 4.69) is 4.98 Å². The fourth-order valence-electron chi connectivity index (χ4n) is 2.00. The summed E-state index contributed by atoms with van der Waals surface area (Å²) in [6.07, 6.45) is 3.82. The molecule has 0 saturated carbocycles. The Morgan fingerprint density at radius 1 is 1.47 bits per heavy atom. The van der Waals surface area contributed by atoms with E-state index in [0.29, 0.717) is 19.4 Å². The molecule has 0 aromatic carbocycles. The van der Waals surface area contributed by atoms with Gasteiger partial charge in [0.05, 0.1) is 0 Å². The molecule has 1 amide bonds. The molecule has 6 nitrogen and oxygen atoms in total. The van der Waals surface area contributed by atoms with Gasteiger partial charge in [-0.05, 0) is 12.8 Å². The van der Waals surface area contributed by atoms with Crippen LogP contribution >= 0.6 is 0 Å². The van der Waals surface area contributed by atoms with Crippen molar-refractivity contribution in [3.05, 3.63) is 34.2 Å². The number of nitrogens with zero attached hydrogens (tertiary/aromatic N) is 1. The number of carbonyl (C=O) groups excluding carboxylic acids is 1. The number of pyridine rings is 1. The summed E-state index contributed by atoms with van der Waals surface area (Å²) in [6.45, 7) is 0.379. The van der Waals surface area contributed by atoms with E-state index in [1.807, 2.05) is 0 Å². The van der Waals surface area contributed by atoms with Gasteiger partial charge < -0.3 is 15.0 Å². The van der Waals surface area contributed by atoms with Crippen LogP contribution in [0, 0.1) is 0 Å². The molecule has 1 unspecified atom stereocenters. The number of amides is 1. The minimum absolute atomic E-state index is 0.0133. The molecule has 2 N–H and O–H groups in total. The van der Waals surface area contributed by atoms with Crippen LogP contribution in [-0.4, -0.2) is 39.5 Å². The molecule has 1 fully saturated rings. The molecule has 6 heteroatoms. The molecular weight excluding hydrogens is 224 g/mol. The molecule has 2 rings (SSSR count). The fourth-order valence-corrected chi connectivity index (χ4v) is 2.00. The predicted molar refractivity (Wildman–Crippen MR) is 58.8 cm³/mol. The number of carbonyl (C=O) groups is 2. The molecule has 1 aromatic heterocycles. The zero-order valence-electron chi connectivity index (χ0n) is 9.05. The standard InChI is InChI=1S/C11H12N2O4/c14-9-3-4-12-6-7(9)10(15)13-5-1-2-8(13)11(16)17/h3-4,6,8H,1-2,5H2,(H,12,14)(H,16,17). The second kappa shape index (κ2) is 4.40. The number of H-pyrrole nitrogens is 1. The number of hydrogen-bond donors (Lipinski definition) is 2. The third kappa shape index (κ3) is 2.06. The van der Waals surface area contributed by atoms with Gasteiger partial charge in [0.15, 0.2) is 5.43 Å². The van der Waals surface area contributed by atoms with Crippen LogP contribution < -0.4 is 5.43 Å². The molecule has 0 bridgehead atoms. The lowest BCUT2D eigenvalue weighted by atomic mass is 10.2. The topological polar surface area (TPSA) is 90.5 Å². The Bertz CT molecular complexity index is 508. The van der Waals surface area contributed by atoms with Crippen LogP contribution in [0.2, 0.25) is 0 Å². The molecular formula is C11H12N2O4. The first-order chi connectivity index (χ1) is 8.11. The van der Waals surface area contributed by atoms with E-state index in [4.69, 9.17) is 5.11 Å². The number of rotatable bonds is 2. The lowest BCUT2D eigenvalue weighted by molar-refractivity contribution is -0.141.